The number of thiophene rings is 7. The average Bonchev–Trinajstić information content (AvgIpc) is 1.60. The van der Waals surface area contributed by atoms with Crippen molar-refractivity contribution in [3.63, 3.8) is 0 Å². The van der Waals surface area contributed by atoms with E-state index < -0.39 is 0 Å². The van der Waals surface area contributed by atoms with E-state index in [4.69, 9.17) is 0 Å². The fourth-order valence-electron chi connectivity index (χ4n) is 19.5. The monoisotopic (exact) mass is 1630 g/mol. The predicted molar refractivity (Wildman–Crippen MR) is 505 cm³/mol. The van der Waals surface area contributed by atoms with Gasteiger partial charge in [-0.15, -0.1) is 79.4 Å². The highest BCUT2D eigenvalue weighted by Gasteiger charge is 2.33. The standard InChI is InChI=1S/C100H116N2O4S7/c1-5-9-13-17-21-25-27-31-35-39-45-65(43-37-33-29-23-19-15-11-7-3)63-101-97(103)73-57-67-69-61-85(78-48-42-56-108-78)112-95(69)71-59-75-88-74(98(104)102(99(75)105)64-66(44-38-34-30-24-20-16-12-8-4)46-40-36-32-28-26-22-18-14-10-6-2)58-68-70-62-86(113-96(70)72-60-76(100(101)106)87(73)93-89(67)91(71)94(88)90(68)92(72)93)84-54-53-83(111-84)82-52-51-81(110-82)80-50-49-79(109-80)77-47-41-55-107-77/h41-42,47-62,65-66H,5-40,43-46,63-64H2,1-4H3. The van der Waals surface area contributed by atoms with E-state index in [9.17, 15) is 0 Å². The lowest BCUT2D eigenvalue weighted by atomic mass is 9.79. The molecule has 0 amide bonds. The minimum absolute atomic E-state index is 0.183. The first-order valence-electron chi connectivity index (χ1n) is 44.4. The van der Waals surface area contributed by atoms with Crippen LogP contribution in [0.4, 0.5) is 0 Å². The quantitative estimate of drug-likeness (QED) is 0.0216. The summed E-state index contributed by atoms with van der Waals surface area (Å²) in [5, 5.41) is 20.4. The van der Waals surface area contributed by atoms with E-state index in [0.29, 0.717) is 34.6 Å². The van der Waals surface area contributed by atoms with Crippen LogP contribution in [0.25, 0.3) is 155 Å². The molecule has 592 valence electrons. The highest BCUT2D eigenvalue weighted by Crippen LogP contribution is 2.58. The lowest BCUT2D eigenvalue weighted by Gasteiger charge is -2.25. The highest BCUT2D eigenvalue weighted by atomic mass is 32.1. The first kappa shape index (κ1) is 80.4. The average molecular weight is 1630 g/mol. The third kappa shape index (κ3) is 16.9. The van der Waals surface area contributed by atoms with Crippen molar-refractivity contribution in [2.24, 2.45) is 11.8 Å². The van der Waals surface area contributed by atoms with Crippen molar-refractivity contribution in [1.82, 2.24) is 9.13 Å². The summed E-state index contributed by atoms with van der Waals surface area (Å²) in [5.74, 6) is 0.400. The molecule has 6 nitrogen and oxygen atoms in total. The normalized spacial score (nSPS) is 13.1. The summed E-state index contributed by atoms with van der Waals surface area (Å²) in [6, 6.07) is 35.9. The number of nitrogens with zero attached hydrogens (tertiary/aromatic N) is 2. The highest BCUT2D eigenvalue weighted by molar-refractivity contribution is 7.31. The Morgan fingerprint density at radius 1 is 0.239 bits per heavy atom. The third-order valence-corrected chi connectivity index (χ3v) is 33.9. The van der Waals surface area contributed by atoms with Crippen LogP contribution in [0.15, 0.2) is 127 Å². The molecule has 2 unspecified atom stereocenters. The van der Waals surface area contributed by atoms with E-state index in [1.807, 2.05) is 34.0 Å². The Kier molecular flexibility index (Phi) is 26.9. The summed E-state index contributed by atoms with van der Waals surface area (Å²) < 4.78 is 5.56. The fraction of sp³-hybridized carbons (Fsp3) is 0.480. The van der Waals surface area contributed by atoms with Gasteiger partial charge >= 0.3 is 0 Å². The van der Waals surface area contributed by atoms with Crippen molar-refractivity contribution in [3.05, 3.63) is 149 Å². The van der Waals surface area contributed by atoms with Gasteiger partial charge < -0.3 is 0 Å². The molecule has 0 aliphatic heterocycles. The molecule has 9 heterocycles. The Hall–Kier alpha value is -6.42. The molecule has 7 aromatic carbocycles. The number of pyridine rings is 2. The fourth-order valence-corrected chi connectivity index (χ4v) is 26.8. The smallest absolute Gasteiger partial charge is 0.261 e. The maximum Gasteiger partial charge on any atom is 0.261 e. The number of fused-ring (bicyclic) bond motifs is 6. The largest absolute Gasteiger partial charge is 0.274 e. The number of hydrogen-bond donors (Lipinski definition) is 0. The van der Waals surface area contributed by atoms with Gasteiger partial charge in [-0.3, -0.25) is 28.3 Å². The van der Waals surface area contributed by atoms with Crippen LogP contribution in [0.1, 0.15) is 285 Å². The third-order valence-electron chi connectivity index (χ3n) is 25.6. The molecule has 0 radical (unpaired) electrons. The van der Waals surface area contributed by atoms with Crippen molar-refractivity contribution in [1.29, 1.82) is 0 Å². The molecule has 0 aliphatic rings. The van der Waals surface area contributed by atoms with Crippen LogP contribution in [-0.2, 0) is 13.1 Å². The number of unbranched alkanes of at least 4 members (excludes halogenated alkanes) is 32. The molecule has 9 aromatic heterocycles. The topological polar surface area (TPSA) is 78.1 Å². The number of aromatic nitrogens is 2. The summed E-state index contributed by atoms with van der Waals surface area (Å²) in [6.45, 7) is 9.99. The zero-order valence-electron chi connectivity index (χ0n) is 67.6. The lowest BCUT2D eigenvalue weighted by Crippen LogP contribution is -2.36. The molecular weight excluding hydrogens is 1520 g/mol. The molecule has 0 bridgehead atoms. The minimum atomic E-state index is -0.186. The summed E-state index contributed by atoms with van der Waals surface area (Å²) in [5.41, 5.74) is -0.737. The van der Waals surface area contributed by atoms with Gasteiger partial charge in [-0.2, -0.15) is 0 Å². The lowest BCUT2D eigenvalue weighted by molar-refractivity contribution is 0.350. The second-order valence-corrected chi connectivity index (χ2v) is 40.9. The molecule has 0 aliphatic carbocycles. The van der Waals surface area contributed by atoms with Crippen LogP contribution in [-0.4, -0.2) is 9.13 Å². The first-order chi connectivity index (χ1) is 55.6. The molecule has 2 atom stereocenters. The molecule has 0 saturated carbocycles. The Balaban J connectivity index is 0.861. The van der Waals surface area contributed by atoms with Crippen molar-refractivity contribution >= 4 is 186 Å². The van der Waals surface area contributed by atoms with Crippen LogP contribution in [0.5, 0.6) is 0 Å². The number of hydrogen-bond acceptors (Lipinski definition) is 11. The Morgan fingerprint density at radius 3 is 0.796 bits per heavy atom. The van der Waals surface area contributed by atoms with E-state index in [1.54, 1.807) is 54.5 Å². The number of benzene rings is 7. The number of rotatable bonds is 49. The maximum atomic E-state index is 16.4. The molecule has 13 heteroatoms. The van der Waals surface area contributed by atoms with Crippen LogP contribution in [0.2, 0.25) is 0 Å². The van der Waals surface area contributed by atoms with Crippen molar-refractivity contribution in [2.75, 3.05) is 0 Å². The summed E-state index contributed by atoms with van der Waals surface area (Å²) in [4.78, 5) is 77.7. The van der Waals surface area contributed by atoms with E-state index in [1.165, 1.54) is 244 Å². The zero-order valence-corrected chi connectivity index (χ0v) is 73.3. The zero-order chi connectivity index (χ0) is 77.3. The van der Waals surface area contributed by atoms with Gasteiger partial charge in [0.05, 0.1) is 0 Å². The second-order valence-electron chi connectivity index (χ2n) is 33.7. The first-order valence-corrected chi connectivity index (χ1v) is 50.2. The van der Waals surface area contributed by atoms with E-state index >= 15 is 19.2 Å². The molecule has 16 rings (SSSR count). The van der Waals surface area contributed by atoms with Crippen LogP contribution in [0, 0.1) is 11.8 Å². The molecule has 0 N–H and O–H groups in total. The predicted octanol–water partition coefficient (Wildman–Crippen LogP) is 33.1. The minimum Gasteiger partial charge on any atom is -0.274 e. The van der Waals surface area contributed by atoms with Gasteiger partial charge in [0.25, 0.3) is 22.2 Å². The Labute approximate surface area is 696 Å². The van der Waals surface area contributed by atoms with Gasteiger partial charge in [-0.25, -0.2) is 0 Å². The second kappa shape index (κ2) is 37.9. The summed E-state index contributed by atoms with van der Waals surface area (Å²) in [7, 11) is 0. The Morgan fingerprint density at radius 2 is 0.496 bits per heavy atom. The summed E-state index contributed by atoms with van der Waals surface area (Å²) in [6.07, 6.45) is 49.4. The molecule has 16 aromatic rings. The van der Waals surface area contributed by atoms with E-state index in [-0.39, 0.29) is 34.1 Å². The van der Waals surface area contributed by atoms with Gasteiger partial charge in [0.2, 0.25) is 0 Å². The van der Waals surface area contributed by atoms with Crippen molar-refractivity contribution < 1.29 is 0 Å². The maximum absolute atomic E-state index is 16.4. The molecule has 113 heavy (non-hydrogen) atoms. The van der Waals surface area contributed by atoms with Crippen LogP contribution in [0.3, 0.4) is 0 Å². The van der Waals surface area contributed by atoms with Gasteiger partial charge in [0, 0.05) is 147 Å². The van der Waals surface area contributed by atoms with Crippen LogP contribution < -0.4 is 22.2 Å². The molecule has 0 spiro atoms. The van der Waals surface area contributed by atoms with E-state index in [0.717, 1.165) is 146 Å². The molecule has 0 fully saturated rings. The van der Waals surface area contributed by atoms with Gasteiger partial charge in [0.1, 0.15) is 0 Å². The van der Waals surface area contributed by atoms with Crippen molar-refractivity contribution in [2.45, 2.75) is 298 Å². The summed E-state index contributed by atoms with van der Waals surface area (Å²) >= 11 is 12.6. The van der Waals surface area contributed by atoms with Crippen molar-refractivity contribution in [3.8, 4) is 48.8 Å². The molecule has 0 saturated heterocycles. The van der Waals surface area contributed by atoms with Crippen LogP contribution >= 0.6 is 79.4 Å². The van der Waals surface area contributed by atoms with E-state index in [2.05, 4.69) is 136 Å². The molecular formula is C100H116N2O4S7. The SMILES string of the molecule is CCCCCCCCCCCCC(CCCCCCCCCC)Cn1c(=O)c2cc3c4cc(-c5ccc(-c6ccc(-c7ccc(-c8cccs8)s7)s6)s5)sc4c4cc5c(=O)n(CC(CCCCCCCCCC)CCCCCCCCCCCC)c(=O)c6cc7c8cc(-c9cccs9)sc8c8cc(c1=O)c2c1c3c4c(c65)c7c81. The Bertz CT molecular complexity index is 5720. The van der Waals surface area contributed by atoms with Gasteiger partial charge in [-0.05, 0) is 155 Å². The van der Waals surface area contributed by atoms with Gasteiger partial charge in [-0.1, -0.05) is 271 Å². The van der Waals surface area contributed by atoms with Gasteiger partial charge in [0.15, 0.2) is 0 Å².